The van der Waals surface area contributed by atoms with Crippen molar-refractivity contribution in [3.63, 3.8) is 0 Å². The number of allylic oxidation sites excluding steroid dienone is 1. The standard InChI is InChI=1S/C9H15NO/c1-6-2-7-4-10-9(5-11)8(7)3-6/h7-11H,1-5H2/t7?,8-,9?/m0/s1. The molecule has 2 nitrogen and oxygen atoms in total. The van der Waals surface area contributed by atoms with Crippen molar-refractivity contribution in [1.82, 2.24) is 5.32 Å². The van der Waals surface area contributed by atoms with E-state index in [1.54, 1.807) is 0 Å². The summed E-state index contributed by atoms with van der Waals surface area (Å²) in [5, 5.41) is 12.3. The number of fused-ring (bicyclic) bond motifs is 1. The molecule has 1 aliphatic carbocycles. The molecule has 3 atom stereocenters. The van der Waals surface area contributed by atoms with Gasteiger partial charge in [-0.05, 0) is 31.2 Å². The Kier molecular flexibility index (Phi) is 1.74. The zero-order valence-electron chi connectivity index (χ0n) is 6.71. The molecule has 0 aromatic rings. The summed E-state index contributed by atoms with van der Waals surface area (Å²) in [6.07, 6.45) is 2.30. The molecule has 2 fully saturated rings. The van der Waals surface area contributed by atoms with Crippen molar-refractivity contribution in [2.24, 2.45) is 11.8 Å². The zero-order chi connectivity index (χ0) is 7.84. The lowest BCUT2D eigenvalue weighted by Gasteiger charge is -2.14. The Hall–Kier alpha value is -0.340. The first-order chi connectivity index (χ1) is 5.31. The summed E-state index contributed by atoms with van der Waals surface area (Å²) in [5.41, 5.74) is 1.37. The fourth-order valence-corrected chi connectivity index (χ4v) is 2.45. The molecule has 0 spiro atoms. The van der Waals surface area contributed by atoms with E-state index in [1.807, 2.05) is 0 Å². The summed E-state index contributed by atoms with van der Waals surface area (Å²) in [6, 6.07) is 0.347. The average Bonchev–Trinajstić information content (AvgIpc) is 2.45. The number of aliphatic hydroxyl groups excluding tert-OH is 1. The lowest BCUT2D eigenvalue weighted by molar-refractivity contribution is 0.223. The van der Waals surface area contributed by atoms with Gasteiger partial charge in [-0.2, -0.15) is 0 Å². The molecule has 1 saturated carbocycles. The van der Waals surface area contributed by atoms with Gasteiger partial charge in [-0.15, -0.1) is 0 Å². The van der Waals surface area contributed by atoms with E-state index in [2.05, 4.69) is 11.9 Å². The van der Waals surface area contributed by atoms with E-state index in [9.17, 15) is 0 Å². The van der Waals surface area contributed by atoms with Crippen LogP contribution in [0.3, 0.4) is 0 Å². The van der Waals surface area contributed by atoms with Gasteiger partial charge in [0.2, 0.25) is 0 Å². The third-order valence-electron chi connectivity index (χ3n) is 3.04. The Balaban J connectivity index is 2.07. The largest absolute Gasteiger partial charge is 0.395 e. The summed E-state index contributed by atoms with van der Waals surface area (Å²) >= 11 is 0. The Bertz CT molecular complexity index is 178. The van der Waals surface area contributed by atoms with Crippen molar-refractivity contribution in [1.29, 1.82) is 0 Å². The Morgan fingerprint density at radius 1 is 1.55 bits per heavy atom. The summed E-state index contributed by atoms with van der Waals surface area (Å²) in [6.45, 7) is 5.36. The third kappa shape index (κ3) is 1.10. The van der Waals surface area contributed by atoms with Crippen LogP contribution in [-0.4, -0.2) is 24.3 Å². The zero-order valence-corrected chi connectivity index (χ0v) is 6.71. The number of nitrogens with one attached hydrogen (secondary N) is 1. The van der Waals surface area contributed by atoms with Gasteiger partial charge in [-0.3, -0.25) is 0 Å². The van der Waals surface area contributed by atoms with Crippen LogP contribution in [0.25, 0.3) is 0 Å². The van der Waals surface area contributed by atoms with E-state index in [-0.39, 0.29) is 6.61 Å². The maximum Gasteiger partial charge on any atom is 0.0587 e. The van der Waals surface area contributed by atoms with Gasteiger partial charge in [0.25, 0.3) is 0 Å². The van der Waals surface area contributed by atoms with Gasteiger partial charge in [0.1, 0.15) is 0 Å². The van der Waals surface area contributed by atoms with E-state index < -0.39 is 0 Å². The highest BCUT2D eigenvalue weighted by Crippen LogP contribution is 2.39. The van der Waals surface area contributed by atoms with Crippen LogP contribution in [0.4, 0.5) is 0 Å². The molecular formula is C9H15NO. The second-order valence-electron chi connectivity index (χ2n) is 3.78. The van der Waals surface area contributed by atoms with Crippen LogP contribution in [0.5, 0.6) is 0 Å². The molecule has 2 N–H and O–H groups in total. The van der Waals surface area contributed by atoms with Crippen LogP contribution in [0.1, 0.15) is 12.8 Å². The minimum absolute atomic E-state index is 0.286. The van der Waals surface area contributed by atoms with Crippen LogP contribution in [0.2, 0.25) is 0 Å². The lowest BCUT2D eigenvalue weighted by Crippen LogP contribution is -2.30. The molecule has 1 saturated heterocycles. The first-order valence-electron chi connectivity index (χ1n) is 4.32. The number of aliphatic hydroxyl groups is 1. The lowest BCUT2D eigenvalue weighted by atomic mass is 9.95. The summed E-state index contributed by atoms with van der Waals surface area (Å²) < 4.78 is 0. The molecule has 2 rings (SSSR count). The fraction of sp³-hybridized carbons (Fsp3) is 0.778. The Labute approximate surface area is 67.3 Å². The van der Waals surface area contributed by atoms with Crippen molar-refractivity contribution < 1.29 is 5.11 Å². The van der Waals surface area contributed by atoms with Gasteiger partial charge in [0.15, 0.2) is 0 Å². The summed E-state index contributed by atoms with van der Waals surface area (Å²) in [5.74, 6) is 1.44. The van der Waals surface area contributed by atoms with Crippen molar-refractivity contribution in [2.75, 3.05) is 13.2 Å². The first-order valence-corrected chi connectivity index (χ1v) is 4.32. The molecule has 2 unspecified atom stereocenters. The van der Waals surface area contributed by atoms with E-state index in [4.69, 9.17) is 5.11 Å². The smallest absolute Gasteiger partial charge is 0.0587 e. The van der Waals surface area contributed by atoms with E-state index in [0.29, 0.717) is 12.0 Å². The van der Waals surface area contributed by atoms with Crippen LogP contribution >= 0.6 is 0 Å². The monoisotopic (exact) mass is 153 g/mol. The third-order valence-corrected chi connectivity index (χ3v) is 3.04. The average molecular weight is 153 g/mol. The summed E-state index contributed by atoms with van der Waals surface area (Å²) in [4.78, 5) is 0. The molecule has 1 aliphatic heterocycles. The summed E-state index contributed by atoms with van der Waals surface area (Å²) in [7, 11) is 0. The molecule has 11 heavy (non-hydrogen) atoms. The van der Waals surface area contributed by atoms with E-state index >= 15 is 0 Å². The first kappa shape index (κ1) is 7.32. The molecule has 0 amide bonds. The van der Waals surface area contributed by atoms with Gasteiger partial charge in [-0.25, -0.2) is 0 Å². The Morgan fingerprint density at radius 3 is 3.09 bits per heavy atom. The van der Waals surface area contributed by atoms with Gasteiger partial charge in [0.05, 0.1) is 6.61 Å². The molecule has 0 bridgehead atoms. The molecular weight excluding hydrogens is 138 g/mol. The van der Waals surface area contributed by atoms with Crippen molar-refractivity contribution in [2.45, 2.75) is 18.9 Å². The minimum atomic E-state index is 0.286. The molecule has 0 aromatic heterocycles. The molecule has 2 heteroatoms. The van der Waals surface area contributed by atoms with Gasteiger partial charge >= 0.3 is 0 Å². The molecule has 1 heterocycles. The maximum atomic E-state index is 9.01. The highest BCUT2D eigenvalue weighted by atomic mass is 16.3. The fourth-order valence-electron chi connectivity index (χ4n) is 2.45. The number of rotatable bonds is 1. The van der Waals surface area contributed by atoms with Gasteiger partial charge in [-0.1, -0.05) is 12.2 Å². The van der Waals surface area contributed by atoms with Gasteiger partial charge < -0.3 is 10.4 Å². The minimum Gasteiger partial charge on any atom is -0.395 e. The highest BCUT2D eigenvalue weighted by Gasteiger charge is 2.39. The number of hydrogen-bond acceptors (Lipinski definition) is 2. The molecule has 62 valence electrons. The van der Waals surface area contributed by atoms with Crippen LogP contribution < -0.4 is 5.32 Å². The van der Waals surface area contributed by atoms with Crippen molar-refractivity contribution in [3.05, 3.63) is 12.2 Å². The Morgan fingerprint density at radius 2 is 2.36 bits per heavy atom. The van der Waals surface area contributed by atoms with E-state index in [0.717, 1.165) is 18.9 Å². The quantitative estimate of drug-likeness (QED) is 0.539. The topological polar surface area (TPSA) is 32.3 Å². The van der Waals surface area contributed by atoms with Crippen LogP contribution in [-0.2, 0) is 0 Å². The van der Waals surface area contributed by atoms with Crippen LogP contribution in [0.15, 0.2) is 12.2 Å². The van der Waals surface area contributed by atoms with Crippen LogP contribution in [0, 0.1) is 11.8 Å². The second-order valence-corrected chi connectivity index (χ2v) is 3.78. The van der Waals surface area contributed by atoms with E-state index in [1.165, 1.54) is 12.0 Å². The molecule has 0 aromatic carbocycles. The van der Waals surface area contributed by atoms with Crippen molar-refractivity contribution >= 4 is 0 Å². The predicted octanol–water partition coefficient (Wildman–Crippen LogP) is 0.533. The maximum absolute atomic E-state index is 9.01. The predicted molar refractivity (Wildman–Crippen MR) is 44.2 cm³/mol. The second kappa shape index (κ2) is 2.61. The van der Waals surface area contributed by atoms with Gasteiger partial charge in [0, 0.05) is 6.04 Å². The number of hydrogen-bond donors (Lipinski definition) is 2. The normalized spacial score (nSPS) is 43.0. The molecule has 0 radical (unpaired) electrons. The molecule has 2 aliphatic rings. The SMILES string of the molecule is C=C1CC2CNC(CO)[C@H]2C1. The highest BCUT2D eigenvalue weighted by molar-refractivity contribution is 5.11. The van der Waals surface area contributed by atoms with Crippen molar-refractivity contribution in [3.8, 4) is 0 Å².